The van der Waals surface area contributed by atoms with Crippen LogP contribution in [-0.4, -0.2) is 37.2 Å². The van der Waals surface area contributed by atoms with E-state index < -0.39 is 6.10 Å². The Morgan fingerprint density at radius 1 is 0.273 bits per heavy atom. The zero-order valence-corrected chi connectivity index (χ0v) is 50.2. The fraction of sp³-hybridized carbons (Fsp3) is 0.676. The fourth-order valence-electron chi connectivity index (χ4n) is 8.63. The molecule has 0 amide bonds. The molecule has 0 bridgehead atoms. The third kappa shape index (κ3) is 62.5. The third-order valence-electron chi connectivity index (χ3n) is 13.4. The van der Waals surface area contributed by atoms with Crippen molar-refractivity contribution in [3.05, 3.63) is 122 Å². The molecule has 0 N–H and O–H groups in total. The Balaban J connectivity index is 4.49. The van der Waals surface area contributed by atoms with E-state index in [1.165, 1.54) is 135 Å². The van der Waals surface area contributed by atoms with Gasteiger partial charge in [0.15, 0.2) is 6.10 Å². The van der Waals surface area contributed by atoms with E-state index in [-0.39, 0.29) is 37.5 Å². The maximum absolute atomic E-state index is 12.9. The van der Waals surface area contributed by atoms with Gasteiger partial charge < -0.3 is 14.2 Å². The van der Waals surface area contributed by atoms with E-state index in [0.717, 1.165) is 109 Å². The molecule has 0 spiro atoms. The number of ether oxygens (including phenoxy) is 3. The monoisotopic (exact) mass is 1070 g/mol. The van der Waals surface area contributed by atoms with Crippen molar-refractivity contribution in [1.29, 1.82) is 0 Å². The summed E-state index contributed by atoms with van der Waals surface area (Å²) in [7, 11) is 0. The van der Waals surface area contributed by atoms with Gasteiger partial charge in [-0.2, -0.15) is 0 Å². The molecule has 77 heavy (non-hydrogen) atoms. The zero-order chi connectivity index (χ0) is 55.7. The van der Waals surface area contributed by atoms with Crippen molar-refractivity contribution in [2.24, 2.45) is 0 Å². The Morgan fingerprint density at radius 2 is 0.519 bits per heavy atom. The highest BCUT2D eigenvalue weighted by Gasteiger charge is 2.19. The van der Waals surface area contributed by atoms with Gasteiger partial charge in [-0.3, -0.25) is 14.4 Å². The van der Waals surface area contributed by atoms with Gasteiger partial charge in [0.25, 0.3) is 0 Å². The number of hydrogen-bond acceptors (Lipinski definition) is 6. The predicted octanol–water partition coefficient (Wildman–Crippen LogP) is 22.0. The summed E-state index contributed by atoms with van der Waals surface area (Å²) in [6.07, 6.45) is 89.2. The van der Waals surface area contributed by atoms with E-state index in [2.05, 4.69) is 142 Å². The van der Waals surface area contributed by atoms with E-state index in [9.17, 15) is 14.4 Å². The minimum Gasteiger partial charge on any atom is -0.462 e. The molecule has 438 valence electrons. The molecule has 6 heteroatoms. The smallest absolute Gasteiger partial charge is 0.306 e. The quantitative estimate of drug-likeness (QED) is 0.0261. The molecule has 0 heterocycles. The van der Waals surface area contributed by atoms with Gasteiger partial charge in [0, 0.05) is 19.3 Å². The predicted molar refractivity (Wildman–Crippen MR) is 334 cm³/mol. The van der Waals surface area contributed by atoms with Crippen molar-refractivity contribution >= 4 is 17.9 Å². The minimum absolute atomic E-state index is 0.104. The lowest BCUT2D eigenvalue weighted by Gasteiger charge is -2.18. The first-order valence-corrected chi connectivity index (χ1v) is 32.0. The summed E-state index contributed by atoms with van der Waals surface area (Å²) >= 11 is 0. The van der Waals surface area contributed by atoms with Crippen LogP contribution >= 0.6 is 0 Å². The van der Waals surface area contributed by atoms with E-state index in [4.69, 9.17) is 14.2 Å². The van der Waals surface area contributed by atoms with Crippen LogP contribution in [0, 0.1) is 0 Å². The molecule has 0 aromatic rings. The summed E-state index contributed by atoms with van der Waals surface area (Å²) in [5.74, 6) is -0.973. The normalized spacial score (nSPS) is 12.9. The SMILES string of the molecule is CC/C=C\C/C=C\C/C=C\C/C=C\C/C=C\C/C=C\C/C=C\CCCC(=O)OCC(COC(=O)CCCCCCC/C=C\CCCCCCCC)OC(=O)CCCCCCCCCCC/C=C\C/C=C\CCCCCCC. The van der Waals surface area contributed by atoms with Crippen molar-refractivity contribution in [1.82, 2.24) is 0 Å². The summed E-state index contributed by atoms with van der Waals surface area (Å²) in [5.41, 5.74) is 0. The van der Waals surface area contributed by atoms with Gasteiger partial charge in [0.2, 0.25) is 0 Å². The second kappa shape index (κ2) is 64.3. The van der Waals surface area contributed by atoms with E-state index in [0.29, 0.717) is 19.3 Å². The van der Waals surface area contributed by atoms with Crippen molar-refractivity contribution in [3.63, 3.8) is 0 Å². The highest BCUT2D eigenvalue weighted by Crippen LogP contribution is 2.15. The van der Waals surface area contributed by atoms with Crippen LogP contribution in [0.2, 0.25) is 0 Å². The van der Waals surface area contributed by atoms with Crippen LogP contribution < -0.4 is 0 Å². The number of unbranched alkanes of at least 4 members (excludes halogenated alkanes) is 26. The fourth-order valence-corrected chi connectivity index (χ4v) is 8.63. The maximum Gasteiger partial charge on any atom is 0.306 e. The van der Waals surface area contributed by atoms with Crippen molar-refractivity contribution in [2.45, 2.75) is 297 Å². The lowest BCUT2D eigenvalue weighted by atomic mass is 10.1. The van der Waals surface area contributed by atoms with Crippen LogP contribution in [0.4, 0.5) is 0 Å². The van der Waals surface area contributed by atoms with Crippen LogP contribution in [0.1, 0.15) is 290 Å². The highest BCUT2D eigenvalue weighted by molar-refractivity contribution is 5.71. The van der Waals surface area contributed by atoms with Crippen LogP contribution in [0.5, 0.6) is 0 Å². The number of hydrogen-bond donors (Lipinski definition) is 0. The zero-order valence-electron chi connectivity index (χ0n) is 50.2. The standard InChI is InChI=1S/C71H118O6/c1-4-7-10-13-16-19-22-25-28-30-32-34-35-37-38-40-43-46-49-52-55-58-61-64-70(73)76-67-68(66-75-69(72)63-60-57-54-51-48-45-42-27-24-21-18-15-12-9-6-3)77-71(74)65-62-59-56-53-50-47-44-41-39-36-33-31-29-26-23-20-17-14-11-8-5-2/h7,10,16,19,23,25-28,31-34,37-38,42-43,46,52,55,68H,4-6,8-9,11-15,17-18,20-22,24,29-30,35-36,39-41,44-45,47-51,53-54,56-67H2,1-3H3/b10-7-,19-16-,26-23-,28-25-,33-31-,34-32-,38-37-,42-27-,46-43-,55-52-. The first kappa shape index (κ1) is 72.8. The van der Waals surface area contributed by atoms with Gasteiger partial charge in [0.1, 0.15) is 13.2 Å². The molecule has 0 saturated carbocycles. The Hall–Kier alpha value is -4.19. The number of carbonyl (C=O) groups is 3. The second-order valence-corrected chi connectivity index (χ2v) is 20.9. The van der Waals surface area contributed by atoms with Gasteiger partial charge in [-0.25, -0.2) is 0 Å². The van der Waals surface area contributed by atoms with Gasteiger partial charge in [0.05, 0.1) is 0 Å². The molecular formula is C71H118O6. The van der Waals surface area contributed by atoms with Crippen LogP contribution in [0.15, 0.2) is 122 Å². The Kier molecular flexibility index (Phi) is 60.8. The number of esters is 3. The summed E-state index contributed by atoms with van der Waals surface area (Å²) in [4.78, 5) is 38.3. The molecule has 0 aromatic heterocycles. The lowest BCUT2D eigenvalue weighted by molar-refractivity contribution is -0.167. The second-order valence-electron chi connectivity index (χ2n) is 20.9. The summed E-state index contributed by atoms with van der Waals surface area (Å²) in [6, 6.07) is 0. The van der Waals surface area contributed by atoms with Crippen LogP contribution in [-0.2, 0) is 28.6 Å². The molecule has 0 aliphatic carbocycles. The topological polar surface area (TPSA) is 78.9 Å². The average Bonchev–Trinajstić information content (AvgIpc) is 3.43. The molecule has 0 rings (SSSR count). The van der Waals surface area contributed by atoms with Gasteiger partial charge in [-0.05, 0) is 128 Å². The van der Waals surface area contributed by atoms with Gasteiger partial charge in [-0.1, -0.05) is 264 Å². The van der Waals surface area contributed by atoms with Gasteiger partial charge in [-0.15, -0.1) is 0 Å². The maximum atomic E-state index is 12.9. The molecule has 0 aromatic carbocycles. The van der Waals surface area contributed by atoms with Crippen LogP contribution in [0.25, 0.3) is 0 Å². The van der Waals surface area contributed by atoms with Crippen LogP contribution in [0.3, 0.4) is 0 Å². The van der Waals surface area contributed by atoms with Crippen molar-refractivity contribution in [2.75, 3.05) is 13.2 Å². The minimum atomic E-state index is -0.812. The first-order chi connectivity index (χ1) is 38.0. The first-order valence-electron chi connectivity index (χ1n) is 32.0. The molecule has 0 aliphatic rings. The molecule has 1 unspecified atom stereocenters. The van der Waals surface area contributed by atoms with E-state index >= 15 is 0 Å². The number of carbonyl (C=O) groups excluding carboxylic acids is 3. The average molecular weight is 1070 g/mol. The van der Waals surface area contributed by atoms with Crippen molar-refractivity contribution < 1.29 is 28.6 Å². The Bertz CT molecular complexity index is 1600. The van der Waals surface area contributed by atoms with E-state index in [1.807, 2.05) is 0 Å². The summed E-state index contributed by atoms with van der Waals surface area (Å²) in [5, 5.41) is 0. The molecule has 0 radical (unpaired) electrons. The largest absolute Gasteiger partial charge is 0.462 e. The Morgan fingerprint density at radius 3 is 0.857 bits per heavy atom. The molecule has 1 atom stereocenters. The number of rotatable bonds is 57. The van der Waals surface area contributed by atoms with E-state index in [1.54, 1.807) is 0 Å². The molecule has 0 fully saturated rings. The summed E-state index contributed by atoms with van der Waals surface area (Å²) in [6.45, 7) is 6.47. The third-order valence-corrected chi connectivity index (χ3v) is 13.4. The summed E-state index contributed by atoms with van der Waals surface area (Å²) < 4.78 is 16.9. The highest BCUT2D eigenvalue weighted by atomic mass is 16.6. The Labute approximate surface area is 475 Å². The molecule has 0 saturated heterocycles. The van der Waals surface area contributed by atoms with Crippen molar-refractivity contribution in [3.8, 4) is 0 Å². The molecule has 0 aliphatic heterocycles. The molecular weight excluding hydrogens is 949 g/mol. The van der Waals surface area contributed by atoms with Gasteiger partial charge >= 0.3 is 17.9 Å². The lowest BCUT2D eigenvalue weighted by Crippen LogP contribution is -2.30. The molecule has 6 nitrogen and oxygen atoms in total. The number of allylic oxidation sites excluding steroid dienone is 20.